The Morgan fingerprint density at radius 2 is 2.58 bits per heavy atom. The summed E-state index contributed by atoms with van der Waals surface area (Å²) in [5, 5.41) is 11.1. The fourth-order valence-corrected chi connectivity index (χ4v) is 1.49. The molecule has 0 aliphatic carbocycles. The van der Waals surface area contributed by atoms with Crippen molar-refractivity contribution in [3.8, 4) is 0 Å². The van der Waals surface area contributed by atoms with Crippen molar-refractivity contribution >= 4 is 11.3 Å². The summed E-state index contributed by atoms with van der Waals surface area (Å²) in [6, 6.07) is 0. The molecule has 0 radical (unpaired) electrons. The lowest BCUT2D eigenvalue weighted by molar-refractivity contribution is 0.183. The third kappa shape index (κ3) is 2.16. The van der Waals surface area contributed by atoms with Crippen molar-refractivity contribution in [1.29, 1.82) is 0 Å². The van der Waals surface area contributed by atoms with Crippen molar-refractivity contribution in [2.75, 3.05) is 6.61 Å². The highest BCUT2D eigenvalue weighted by atomic mass is 32.1. The smallest absolute Gasteiger partial charge is 0.0794 e. The molecule has 1 atom stereocenters. The second-order valence-corrected chi connectivity index (χ2v) is 3.89. The van der Waals surface area contributed by atoms with Crippen LogP contribution in [0.3, 0.4) is 0 Å². The van der Waals surface area contributed by atoms with Gasteiger partial charge in [0.15, 0.2) is 0 Å². The predicted molar refractivity (Wildman–Crippen MR) is 51.2 cm³/mol. The van der Waals surface area contributed by atoms with Crippen LogP contribution in [0.4, 0.5) is 0 Å². The van der Waals surface area contributed by atoms with E-state index in [0.29, 0.717) is 0 Å². The molecule has 0 amide bonds. The molecule has 0 saturated heterocycles. The van der Waals surface area contributed by atoms with Crippen molar-refractivity contribution in [3.05, 3.63) is 29.2 Å². The average Bonchev–Trinajstić information content (AvgIpc) is 2.57. The zero-order chi connectivity index (χ0) is 9.03. The maximum Gasteiger partial charge on any atom is 0.0794 e. The first-order chi connectivity index (χ1) is 5.70. The summed E-state index contributed by atoms with van der Waals surface area (Å²) < 4.78 is 0. The van der Waals surface area contributed by atoms with E-state index in [4.69, 9.17) is 5.11 Å². The Kier molecular flexibility index (Phi) is 3.00. The van der Waals surface area contributed by atoms with E-state index < -0.39 is 0 Å². The zero-order valence-electron chi connectivity index (χ0n) is 7.16. The summed E-state index contributed by atoms with van der Waals surface area (Å²) in [4.78, 5) is 4.16. The zero-order valence-corrected chi connectivity index (χ0v) is 7.97. The molecule has 0 aromatic carbocycles. The minimum atomic E-state index is -0.228. The van der Waals surface area contributed by atoms with Crippen molar-refractivity contribution in [3.63, 3.8) is 0 Å². The lowest BCUT2D eigenvalue weighted by atomic mass is 9.87. The van der Waals surface area contributed by atoms with Crippen LogP contribution < -0.4 is 0 Å². The normalized spacial score (nSPS) is 15.5. The number of nitrogens with zero attached hydrogens (tertiary/aromatic N) is 1. The van der Waals surface area contributed by atoms with Crippen LogP contribution in [-0.4, -0.2) is 16.7 Å². The Morgan fingerprint density at radius 1 is 1.83 bits per heavy atom. The number of thiazole rings is 1. The Labute approximate surface area is 76.6 Å². The van der Waals surface area contributed by atoms with Crippen molar-refractivity contribution in [2.45, 2.75) is 13.3 Å². The van der Waals surface area contributed by atoms with Crippen LogP contribution in [0, 0.1) is 5.41 Å². The van der Waals surface area contributed by atoms with Gasteiger partial charge < -0.3 is 5.11 Å². The molecule has 1 heterocycles. The molecule has 1 unspecified atom stereocenters. The highest BCUT2D eigenvalue weighted by molar-refractivity contribution is 7.07. The maximum absolute atomic E-state index is 9.09. The summed E-state index contributed by atoms with van der Waals surface area (Å²) in [6.45, 7) is 5.79. The van der Waals surface area contributed by atoms with Crippen molar-refractivity contribution < 1.29 is 5.11 Å². The van der Waals surface area contributed by atoms with E-state index in [-0.39, 0.29) is 12.0 Å². The SMILES string of the molecule is C=CC(C)(CO)Cc1cscn1. The minimum Gasteiger partial charge on any atom is -0.395 e. The lowest BCUT2D eigenvalue weighted by Gasteiger charge is -2.21. The maximum atomic E-state index is 9.09. The minimum absolute atomic E-state index is 0.119. The molecular weight excluding hydrogens is 170 g/mol. The fourth-order valence-electron chi connectivity index (χ4n) is 0.931. The molecule has 0 bridgehead atoms. The molecule has 3 heteroatoms. The molecule has 1 rings (SSSR count). The van der Waals surface area contributed by atoms with E-state index in [2.05, 4.69) is 11.6 Å². The summed E-state index contributed by atoms with van der Waals surface area (Å²) >= 11 is 1.57. The van der Waals surface area contributed by atoms with Crippen LogP contribution in [0.1, 0.15) is 12.6 Å². The summed E-state index contributed by atoms with van der Waals surface area (Å²) in [7, 11) is 0. The molecule has 12 heavy (non-hydrogen) atoms. The quantitative estimate of drug-likeness (QED) is 0.723. The van der Waals surface area contributed by atoms with Gasteiger partial charge in [-0.05, 0) is 0 Å². The van der Waals surface area contributed by atoms with Crippen molar-refractivity contribution in [1.82, 2.24) is 4.98 Å². The van der Waals surface area contributed by atoms with Gasteiger partial charge in [-0.15, -0.1) is 17.9 Å². The lowest BCUT2D eigenvalue weighted by Crippen LogP contribution is -2.21. The largest absolute Gasteiger partial charge is 0.395 e. The third-order valence-electron chi connectivity index (χ3n) is 1.92. The predicted octanol–water partition coefficient (Wildman–Crippen LogP) is 1.87. The monoisotopic (exact) mass is 183 g/mol. The van der Waals surface area contributed by atoms with Gasteiger partial charge >= 0.3 is 0 Å². The number of aliphatic hydroxyl groups is 1. The summed E-state index contributed by atoms with van der Waals surface area (Å²) in [5.74, 6) is 0. The van der Waals surface area contributed by atoms with Gasteiger partial charge in [-0.3, -0.25) is 0 Å². The highest BCUT2D eigenvalue weighted by Crippen LogP contribution is 2.22. The van der Waals surface area contributed by atoms with Crippen molar-refractivity contribution in [2.24, 2.45) is 5.41 Å². The second kappa shape index (κ2) is 3.83. The van der Waals surface area contributed by atoms with Gasteiger partial charge in [0.2, 0.25) is 0 Å². The van der Waals surface area contributed by atoms with E-state index >= 15 is 0 Å². The molecule has 1 aromatic rings. The standard InChI is InChI=1S/C9H13NOS/c1-3-9(2,6-11)4-8-5-12-7-10-8/h3,5,7,11H,1,4,6H2,2H3. The van der Waals surface area contributed by atoms with Gasteiger partial charge in [0, 0.05) is 17.2 Å². The molecule has 0 spiro atoms. The average molecular weight is 183 g/mol. The Hall–Kier alpha value is -0.670. The number of hydrogen-bond acceptors (Lipinski definition) is 3. The van der Waals surface area contributed by atoms with E-state index in [1.807, 2.05) is 12.3 Å². The molecule has 0 aliphatic rings. The molecule has 2 nitrogen and oxygen atoms in total. The van der Waals surface area contributed by atoms with Gasteiger partial charge in [0.1, 0.15) is 0 Å². The number of rotatable bonds is 4. The molecule has 0 saturated carbocycles. The number of hydrogen-bond donors (Lipinski definition) is 1. The molecule has 1 N–H and O–H groups in total. The molecule has 0 fully saturated rings. The van der Waals surface area contributed by atoms with Crippen LogP contribution in [0.2, 0.25) is 0 Å². The first kappa shape index (κ1) is 9.42. The van der Waals surface area contributed by atoms with E-state index in [1.165, 1.54) is 0 Å². The van der Waals surface area contributed by atoms with Crippen LogP contribution >= 0.6 is 11.3 Å². The van der Waals surface area contributed by atoms with E-state index in [1.54, 1.807) is 22.9 Å². The topological polar surface area (TPSA) is 33.1 Å². The van der Waals surface area contributed by atoms with Gasteiger partial charge in [0.05, 0.1) is 17.8 Å². The van der Waals surface area contributed by atoms with Gasteiger partial charge in [-0.2, -0.15) is 0 Å². The summed E-state index contributed by atoms with van der Waals surface area (Å²) in [5.41, 5.74) is 2.60. The Bertz CT molecular complexity index is 245. The van der Waals surface area contributed by atoms with Crippen LogP contribution in [0.25, 0.3) is 0 Å². The second-order valence-electron chi connectivity index (χ2n) is 3.17. The molecule has 1 aromatic heterocycles. The Morgan fingerprint density at radius 3 is 3.00 bits per heavy atom. The van der Waals surface area contributed by atoms with Gasteiger partial charge in [-0.25, -0.2) is 4.98 Å². The van der Waals surface area contributed by atoms with Crippen LogP contribution in [0.5, 0.6) is 0 Å². The molecule has 0 aliphatic heterocycles. The number of aromatic nitrogens is 1. The molecular formula is C9H13NOS. The van der Waals surface area contributed by atoms with Crippen LogP contribution in [0.15, 0.2) is 23.5 Å². The highest BCUT2D eigenvalue weighted by Gasteiger charge is 2.20. The molecule has 66 valence electrons. The van der Waals surface area contributed by atoms with Gasteiger partial charge in [-0.1, -0.05) is 13.0 Å². The van der Waals surface area contributed by atoms with Crippen LogP contribution in [-0.2, 0) is 6.42 Å². The summed E-state index contributed by atoms with van der Waals surface area (Å²) in [6.07, 6.45) is 2.54. The van der Waals surface area contributed by atoms with Gasteiger partial charge in [0.25, 0.3) is 0 Å². The van der Waals surface area contributed by atoms with E-state index in [9.17, 15) is 0 Å². The first-order valence-electron chi connectivity index (χ1n) is 3.82. The number of aliphatic hydroxyl groups excluding tert-OH is 1. The Balaban J connectivity index is 2.66. The fraction of sp³-hybridized carbons (Fsp3) is 0.444. The van der Waals surface area contributed by atoms with E-state index in [0.717, 1.165) is 12.1 Å². The first-order valence-corrected chi connectivity index (χ1v) is 4.76. The third-order valence-corrected chi connectivity index (χ3v) is 2.56.